The van der Waals surface area contributed by atoms with Gasteiger partial charge in [-0.3, -0.25) is 19.8 Å². The molecule has 0 spiro atoms. The Labute approximate surface area is 123 Å². The van der Waals surface area contributed by atoms with Crippen molar-refractivity contribution in [3.8, 4) is 0 Å². The molecule has 0 aliphatic carbocycles. The van der Waals surface area contributed by atoms with Crippen LogP contribution in [0.4, 0.5) is 0 Å². The Balaban J connectivity index is 1.78. The van der Waals surface area contributed by atoms with Gasteiger partial charge in [0.15, 0.2) is 5.69 Å². The van der Waals surface area contributed by atoms with E-state index in [9.17, 15) is 4.79 Å². The van der Waals surface area contributed by atoms with Gasteiger partial charge in [-0.05, 0) is 12.1 Å². The van der Waals surface area contributed by atoms with Crippen LogP contribution in [0.1, 0.15) is 27.4 Å². The molecule has 0 bridgehead atoms. The van der Waals surface area contributed by atoms with E-state index >= 15 is 0 Å². The standard InChI is InChI=1S/C15H19N5O/c1-19(2)15(21)14-12-10-20(8-6-13(12)17-18-14)9-11-5-3-4-7-16-11/h3-5,7H,6,8-10H2,1-2H3,(H,17,18). The van der Waals surface area contributed by atoms with Crippen LogP contribution < -0.4 is 0 Å². The van der Waals surface area contributed by atoms with Gasteiger partial charge in [0, 0.05) is 57.6 Å². The van der Waals surface area contributed by atoms with Gasteiger partial charge in [-0.25, -0.2) is 0 Å². The fraction of sp³-hybridized carbons (Fsp3) is 0.400. The number of rotatable bonds is 3. The van der Waals surface area contributed by atoms with Crippen LogP contribution >= 0.6 is 0 Å². The molecule has 1 N–H and O–H groups in total. The largest absolute Gasteiger partial charge is 0.343 e. The van der Waals surface area contributed by atoms with Gasteiger partial charge >= 0.3 is 0 Å². The highest BCUT2D eigenvalue weighted by Crippen LogP contribution is 2.22. The maximum atomic E-state index is 12.2. The normalized spacial score (nSPS) is 14.8. The minimum absolute atomic E-state index is 0.0489. The average molecular weight is 285 g/mol. The predicted molar refractivity (Wildman–Crippen MR) is 78.7 cm³/mol. The van der Waals surface area contributed by atoms with Crippen LogP contribution in [-0.2, 0) is 19.5 Å². The molecule has 0 aromatic carbocycles. The lowest BCUT2D eigenvalue weighted by molar-refractivity contribution is 0.0819. The lowest BCUT2D eigenvalue weighted by atomic mass is 10.0. The molecule has 0 unspecified atom stereocenters. The molecule has 6 nitrogen and oxygen atoms in total. The van der Waals surface area contributed by atoms with Crippen LogP contribution in [0.5, 0.6) is 0 Å². The smallest absolute Gasteiger partial charge is 0.274 e. The second-order valence-electron chi connectivity index (χ2n) is 5.51. The first-order valence-corrected chi connectivity index (χ1v) is 7.05. The van der Waals surface area contributed by atoms with E-state index in [0.29, 0.717) is 5.69 Å². The molecule has 110 valence electrons. The first-order chi connectivity index (χ1) is 10.1. The number of amides is 1. The molecule has 1 aliphatic rings. The topological polar surface area (TPSA) is 65.1 Å². The summed E-state index contributed by atoms with van der Waals surface area (Å²) in [5, 5.41) is 7.21. The van der Waals surface area contributed by atoms with Crippen molar-refractivity contribution in [2.75, 3.05) is 20.6 Å². The summed E-state index contributed by atoms with van der Waals surface area (Å²) < 4.78 is 0. The number of nitrogens with one attached hydrogen (secondary N) is 1. The Morgan fingerprint density at radius 3 is 3.00 bits per heavy atom. The molecule has 3 heterocycles. The fourth-order valence-corrected chi connectivity index (χ4v) is 2.60. The van der Waals surface area contributed by atoms with E-state index in [2.05, 4.69) is 20.1 Å². The van der Waals surface area contributed by atoms with E-state index in [4.69, 9.17) is 0 Å². The quantitative estimate of drug-likeness (QED) is 0.916. The van der Waals surface area contributed by atoms with Crippen molar-refractivity contribution in [3.05, 3.63) is 47.0 Å². The Bertz CT molecular complexity index is 635. The number of H-pyrrole nitrogens is 1. The molecular formula is C15H19N5O. The van der Waals surface area contributed by atoms with Gasteiger partial charge < -0.3 is 4.90 Å². The summed E-state index contributed by atoms with van der Waals surface area (Å²) >= 11 is 0. The molecule has 6 heteroatoms. The van der Waals surface area contributed by atoms with Crippen molar-refractivity contribution in [3.63, 3.8) is 0 Å². The fourth-order valence-electron chi connectivity index (χ4n) is 2.60. The van der Waals surface area contributed by atoms with Crippen LogP contribution in [0.15, 0.2) is 24.4 Å². The third-order valence-electron chi connectivity index (χ3n) is 3.73. The van der Waals surface area contributed by atoms with Gasteiger partial charge in [-0.2, -0.15) is 5.10 Å². The molecule has 1 aliphatic heterocycles. The number of pyridine rings is 1. The molecule has 2 aromatic rings. The number of carbonyl (C=O) groups is 1. The molecule has 0 saturated heterocycles. The molecule has 0 radical (unpaired) electrons. The van der Waals surface area contributed by atoms with Gasteiger partial charge in [-0.15, -0.1) is 0 Å². The van der Waals surface area contributed by atoms with Crippen LogP contribution in [-0.4, -0.2) is 51.5 Å². The van der Waals surface area contributed by atoms with E-state index in [1.165, 1.54) is 0 Å². The molecular weight excluding hydrogens is 266 g/mol. The average Bonchev–Trinajstić information content (AvgIpc) is 2.90. The summed E-state index contributed by atoms with van der Waals surface area (Å²) in [4.78, 5) is 20.4. The molecule has 2 aromatic heterocycles. The van der Waals surface area contributed by atoms with E-state index in [1.54, 1.807) is 19.0 Å². The minimum Gasteiger partial charge on any atom is -0.343 e. The van der Waals surface area contributed by atoms with E-state index in [1.807, 2.05) is 24.4 Å². The van der Waals surface area contributed by atoms with Gasteiger partial charge in [0.25, 0.3) is 5.91 Å². The number of aromatic nitrogens is 3. The Morgan fingerprint density at radius 1 is 1.43 bits per heavy atom. The molecule has 1 amide bonds. The third kappa shape index (κ3) is 2.80. The third-order valence-corrected chi connectivity index (χ3v) is 3.73. The summed E-state index contributed by atoms with van der Waals surface area (Å²) in [7, 11) is 3.50. The van der Waals surface area contributed by atoms with Crippen molar-refractivity contribution in [1.29, 1.82) is 0 Å². The van der Waals surface area contributed by atoms with Crippen molar-refractivity contribution in [1.82, 2.24) is 25.0 Å². The van der Waals surface area contributed by atoms with Crippen molar-refractivity contribution >= 4 is 5.91 Å². The van der Waals surface area contributed by atoms with E-state index in [0.717, 1.165) is 43.0 Å². The first-order valence-electron chi connectivity index (χ1n) is 7.05. The summed E-state index contributed by atoms with van der Waals surface area (Å²) in [6.45, 7) is 2.47. The highest BCUT2D eigenvalue weighted by Gasteiger charge is 2.26. The number of aromatic amines is 1. The lowest BCUT2D eigenvalue weighted by Gasteiger charge is -2.26. The summed E-state index contributed by atoms with van der Waals surface area (Å²) in [6.07, 6.45) is 2.69. The SMILES string of the molecule is CN(C)C(=O)c1n[nH]c2c1CN(Cc1ccccn1)CC2. The van der Waals surface area contributed by atoms with Gasteiger partial charge in [0.05, 0.1) is 5.69 Å². The van der Waals surface area contributed by atoms with Crippen molar-refractivity contribution in [2.24, 2.45) is 0 Å². The van der Waals surface area contributed by atoms with Gasteiger partial charge in [0.1, 0.15) is 0 Å². The zero-order valence-electron chi connectivity index (χ0n) is 12.3. The Morgan fingerprint density at radius 2 is 2.29 bits per heavy atom. The van der Waals surface area contributed by atoms with Gasteiger partial charge in [-0.1, -0.05) is 6.07 Å². The number of fused-ring (bicyclic) bond motifs is 1. The molecule has 0 atom stereocenters. The number of hydrogen-bond acceptors (Lipinski definition) is 4. The summed E-state index contributed by atoms with van der Waals surface area (Å²) in [5.41, 5.74) is 3.69. The maximum Gasteiger partial charge on any atom is 0.274 e. The molecule has 0 fully saturated rings. The highest BCUT2D eigenvalue weighted by molar-refractivity contribution is 5.93. The molecule has 21 heavy (non-hydrogen) atoms. The van der Waals surface area contributed by atoms with Crippen LogP contribution in [0, 0.1) is 0 Å². The molecule has 0 saturated carbocycles. The first kappa shape index (κ1) is 13.8. The number of hydrogen-bond donors (Lipinski definition) is 1. The van der Waals surface area contributed by atoms with Crippen molar-refractivity contribution < 1.29 is 4.79 Å². The Kier molecular flexibility index (Phi) is 3.70. The molecule has 3 rings (SSSR count). The summed E-state index contributed by atoms with van der Waals surface area (Å²) in [6, 6.07) is 5.94. The highest BCUT2D eigenvalue weighted by atomic mass is 16.2. The van der Waals surface area contributed by atoms with Crippen molar-refractivity contribution in [2.45, 2.75) is 19.5 Å². The van der Waals surface area contributed by atoms with E-state index in [-0.39, 0.29) is 5.91 Å². The zero-order valence-corrected chi connectivity index (χ0v) is 12.3. The van der Waals surface area contributed by atoms with Crippen LogP contribution in [0.25, 0.3) is 0 Å². The van der Waals surface area contributed by atoms with E-state index < -0.39 is 0 Å². The Hall–Kier alpha value is -2.21. The van der Waals surface area contributed by atoms with Crippen LogP contribution in [0.2, 0.25) is 0 Å². The second-order valence-corrected chi connectivity index (χ2v) is 5.51. The van der Waals surface area contributed by atoms with Gasteiger partial charge in [0.2, 0.25) is 0 Å². The minimum atomic E-state index is -0.0489. The van der Waals surface area contributed by atoms with Crippen LogP contribution in [0.3, 0.4) is 0 Å². The predicted octanol–water partition coefficient (Wildman–Crippen LogP) is 1.06. The number of nitrogens with zero attached hydrogens (tertiary/aromatic N) is 4. The second kappa shape index (κ2) is 5.65. The monoisotopic (exact) mass is 285 g/mol. The summed E-state index contributed by atoms with van der Waals surface area (Å²) in [5.74, 6) is -0.0489. The lowest BCUT2D eigenvalue weighted by Crippen LogP contribution is -2.32. The maximum absolute atomic E-state index is 12.2. The zero-order chi connectivity index (χ0) is 14.8. The number of carbonyl (C=O) groups excluding carboxylic acids is 1.